The van der Waals surface area contributed by atoms with Crippen molar-refractivity contribution in [3.8, 4) is 17.1 Å². The maximum Gasteiger partial charge on any atom is 0.267 e. The molecular formula is C23H25N5O4. The maximum absolute atomic E-state index is 12.8. The number of para-hydroxylation sites is 2. The molecule has 1 aliphatic rings. The standard InChI is InChI=1S/C23H25N5O4/c1-14(2)20(22-26-21(27-32-22)16-8-11-24-12-9-16)25-19(29)10-13-28-17-6-4-5-7-18(17)31-15(3)23(28)30/h4-9,11-12,14-15,20H,10,13H2,1-3H3,(H,25,29)/t15-,20+/m0/s1. The molecule has 32 heavy (non-hydrogen) atoms. The van der Waals surface area contributed by atoms with E-state index in [0.717, 1.165) is 5.56 Å². The van der Waals surface area contributed by atoms with Crippen molar-refractivity contribution in [2.45, 2.75) is 39.3 Å². The molecule has 1 aliphatic heterocycles. The third kappa shape index (κ3) is 4.46. The van der Waals surface area contributed by atoms with E-state index in [1.54, 1.807) is 36.4 Å². The van der Waals surface area contributed by atoms with Crippen LogP contribution < -0.4 is 15.0 Å². The highest BCUT2D eigenvalue weighted by atomic mass is 16.5. The number of nitrogens with one attached hydrogen (secondary N) is 1. The molecule has 3 aromatic rings. The fourth-order valence-electron chi connectivity index (χ4n) is 3.54. The highest BCUT2D eigenvalue weighted by molar-refractivity contribution is 6.00. The number of amides is 2. The predicted octanol–water partition coefficient (Wildman–Crippen LogP) is 3.15. The van der Waals surface area contributed by atoms with E-state index in [4.69, 9.17) is 9.26 Å². The van der Waals surface area contributed by atoms with Crippen LogP contribution in [-0.2, 0) is 9.59 Å². The summed E-state index contributed by atoms with van der Waals surface area (Å²) < 4.78 is 11.1. The van der Waals surface area contributed by atoms with E-state index >= 15 is 0 Å². The quantitative estimate of drug-likeness (QED) is 0.607. The third-order valence-electron chi connectivity index (χ3n) is 5.27. The number of aromatic nitrogens is 3. The van der Waals surface area contributed by atoms with Crippen LogP contribution in [0.2, 0.25) is 0 Å². The second-order valence-electron chi connectivity index (χ2n) is 7.95. The van der Waals surface area contributed by atoms with Crippen molar-refractivity contribution in [3.05, 3.63) is 54.7 Å². The second-order valence-corrected chi connectivity index (χ2v) is 7.95. The number of benzene rings is 1. The fourth-order valence-corrected chi connectivity index (χ4v) is 3.54. The first-order chi connectivity index (χ1) is 15.4. The molecule has 0 radical (unpaired) electrons. The van der Waals surface area contributed by atoms with Crippen molar-refractivity contribution in [2.24, 2.45) is 5.92 Å². The van der Waals surface area contributed by atoms with Gasteiger partial charge in [-0.3, -0.25) is 14.6 Å². The minimum atomic E-state index is -0.596. The highest BCUT2D eigenvalue weighted by Crippen LogP contribution is 2.33. The van der Waals surface area contributed by atoms with Crippen LogP contribution in [0, 0.1) is 5.92 Å². The average Bonchev–Trinajstić information content (AvgIpc) is 3.28. The van der Waals surface area contributed by atoms with E-state index in [1.807, 2.05) is 38.1 Å². The Bertz CT molecular complexity index is 1100. The van der Waals surface area contributed by atoms with Crippen LogP contribution in [0.1, 0.15) is 39.1 Å². The first-order valence-electron chi connectivity index (χ1n) is 10.5. The van der Waals surface area contributed by atoms with Gasteiger partial charge in [0.2, 0.25) is 17.6 Å². The number of ether oxygens (including phenoxy) is 1. The lowest BCUT2D eigenvalue weighted by Crippen LogP contribution is -2.46. The molecular weight excluding hydrogens is 410 g/mol. The van der Waals surface area contributed by atoms with Crippen molar-refractivity contribution in [2.75, 3.05) is 11.4 Å². The summed E-state index contributed by atoms with van der Waals surface area (Å²) in [6.45, 7) is 5.87. The van der Waals surface area contributed by atoms with Crippen LogP contribution in [0.25, 0.3) is 11.4 Å². The summed E-state index contributed by atoms with van der Waals surface area (Å²) >= 11 is 0. The van der Waals surface area contributed by atoms with Crippen LogP contribution in [0.3, 0.4) is 0 Å². The first kappa shape index (κ1) is 21.5. The van der Waals surface area contributed by atoms with Crippen molar-refractivity contribution >= 4 is 17.5 Å². The van der Waals surface area contributed by atoms with Gasteiger partial charge >= 0.3 is 0 Å². The molecule has 9 heteroatoms. The molecule has 1 N–H and O–H groups in total. The zero-order valence-electron chi connectivity index (χ0n) is 18.2. The Morgan fingerprint density at radius 1 is 1.19 bits per heavy atom. The molecule has 0 aliphatic carbocycles. The number of carbonyl (C=O) groups excluding carboxylic acids is 2. The number of anilines is 1. The lowest BCUT2D eigenvalue weighted by molar-refractivity contribution is -0.125. The predicted molar refractivity (Wildman–Crippen MR) is 117 cm³/mol. The lowest BCUT2D eigenvalue weighted by Gasteiger charge is -2.33. The van der Waals surface area contributed by atoms with Gasteiger partial charge < -0.3 is 19.5 Å². The van der Waals surface area contributed by atoms with Gasteiger partial charge in [0.25, 0.3) is 5.91 Å². The Kier molecular flexibility index (Phi) is 6.16. The van der Waals surface area contributed by atoms with Crippen molar-refractivity contribution in [1.82, 2.24) is 20.4 Å². The lowest BCUT2D eigenvalue weighted by atomic mass is 10.0. The average molecular weight is 435 g/mol. The van der Waals surface area contributed by atoms with Gasteiger partial charge in [-0.25, -0.2) is 0 Å². The first-order valence-corrected chi connectivity index (χ1v) is 10.5. The number of rotatable bonds is 7. The van der Waals surface area contributed by atoms with Gasteiger partial charge in [0.15, 0.2) is 6.10 Å². The van der Waals surface area contributed by atoms with Gasteiger partial charge in [-0.05, 0) is 37.1 Å². The fraction of sp³-hybridized carbons (Fsp3) is 0.348. The SMILES string of the molecule is CC(C)[C@@H](NC(=O)CCN1C(=O)[C@H](C)Oc2ccccc21)c1nc(-c2ccncc2)no1. The molecule has 9 nitrogen and oxygen atoms in total. The molecule has 2 amide bonds. The summed E-state index contributed by atoms with van der Waals surface area (Å²) in [6.07, 6.45) is 2.83. The Balaban J connectivity index is 1.43. The van der Waals surface area contributed by atoms with Gasteiger partial charge in [0.1, 0.15) is 11.8 Å². The summed E-state index contributed by atoms with van der Waals surface area (Å²) in [4.78, 5) is 35.4. The van der Waals surface area contributed by atoms with Crippen LogP contribution >= 0.6 is 0 Å². The third-order valence-corrected chi connectivity index (χ3v) is 5.27. The topological polar surface area (TPSA) is 110 Å². The second kappa shape index (κ2) is 9.17. The van der Waals surface area contributed by atoms with Crippen LogP contribution in [0.5, 0.6) is 5.75 Å². The molecule has 0 unspecified atom stereocenters. The molecule has 2 aromatic heterocycles. The Hall–Kier alpha value is -3.75. The number of nitrogens with zero attached hydrogens (tertiary/aromatic N) is 4. The van der Waals surface area contributed by atoms with Crippen LogP contribution in [-0.4, -0.2) is 39.6 Å². The largest absolute Gasteiger partial charge is 0.479 e. The van der Waals surface area contributed by atoms with E-state index in [1.165, 1.54) is 0 Å². The molecule has 0 fully saturated rings. The molecule has 4 rings (SSSR count). The Morgan fingerprint density at radius 3 is 2.69 bits per heavy atom. The maximum atomic E-state index is 12.8. The summed E-state index contributed by atoms with van der Waals surface area (Å²) in [5.41, 5.74) is 1.45. The van der Waals surface area contributed by atoms with E-state index in [0.29, 0.717) is 23.2 Å². The van der Waals surface area contributed by atoms with E-state index in [-0.39, 0.29) is 30.7 Å². The molecule has 0 bridgehead atoms. The van der Waals surface area contributed by atoms with Gasteiger partial charge in [0, 0.05) is 30.9 Å². The van der Waals surface area contributed by atoms with Crippen molar-refractivity contribution in [1.29, 1.82) is 0 Å². The number of pyridine rings is 1. The zero-order valence-corrected chi connectivity index (χ0v) is 18.2. The molecule has 1 aromatic carbocycles. The summed E-state index contributed by atoms with van der Waals surface area (Å²) in [5.74, 6) is 1.05. The van der Waals surface area contributed by atoms with Crippen molar-refractivity contribution in [3.63, 3.8) is 0 Å². The molecule has 0 saturated heterocycles. The van der Waals surface area contributed by atoms with E-state index < -0.39 is 12.1 Å². The van der Waals surface area contributed by atoms with Crippen LogP contribution in [0.4, 0.5) is 5.69 Å². The number of hydrogen-bond acceptors (Lipinski definition) is 7. The van der Waals surface area contributed by atoms with Crippen LogP contribution in [0.15, 0.2) is 53.3 Å². The van der Waals surface area contributed by atoms with Gasteiger partial charge in [0.05, 0.1) is 5.69 Å². The number of hydrogen-bond donors (Lipinski definition) is 1. The minimum absolute atomic E-state index is 0.0236. The van der Waals surface area contributed by atoms with E-state index in [2.05, 4.69) is 20.4 Å². The number of fused-ring (bicyclic) bond motifs is 1. The smallest absolute Gasteiger partial charge is 0.267 e. The highest BCUT2D eigenvalue weighted by Gasteiger charge is 2.32. The Labute approximate surface area is 185 Å². The van der Waals surface area contributed by atoms with E-state index in [9.17, 15) is 9.59 Å². The normalized spacial score (nSPS) is 16.4. The number of carbonyl (C=O) groups is 2. The Morgan fingerprint density at radius 2 is 1.94 bits per heavy atom. The monoisotopic (exact) mass is 435 g/mol. The van der Waals surface area contributed by atoms with Crippen molar-refractivity contribution < 1.29 is 18.8 Å². The molecule has 3 heterocycles. The van der Waals surface area contributed by atoms with Gasteiger partial charge in [-0.15, -0.1) is 0 Å². The summed E-state index contributed by atoms with van der Waals surface area (Å²) in [5, 5.41) is 7.00. The minimum Gasteiger partial charge on any atom is -0.479 e. The van der Waals surface area contributed by atoms with Gasteiger partial charge in [-0.1, -0.05) is 31.1 Å². The molecule has 0 saturated carbocycles. The zero-order chi connectivity index (χ0) is 22.7. The summed E-state index contributed by atoms with van der Waals surface area (Å²) in [6, 6.07) is 10.4. The summed E-state index contributed by atoms with van der Waals surface area (Å²) in [7, 11) is 0. The molecule has 2 atom stereocenters. The molecule has 0 spiro atoms. The van der Waals surface area contributed by atoms with Gasteiger partial charge in [-0.2, -0.15) is 4.98 Å². The molecule has 166 valence electrons.